The molecule has 0 aromatic carbocycles. The molecule has 0 atom stereocenters. The van der Waals surface area contributed by atoms with Gasteiger partial charge in [0.1, 0.15) is 5.82 Å². The van der Waals surface area contributed by atoms with Crippen molar-refractivity contribution in [3.05, 3.63) is 23.9 Å². The highest BCUT2D eigenvalue weighted by molar-refractivity contribution is 7.88. The van der Waals surface area contributed by atoms with Crippen molar-refractivity contribution in [2.24, 2.45) is 5.92 Å². The normalized spacial score (nSPS) is 19.3. The molecule has 3 rings (SSSR count). The summed E-state index contributed by atoms with van der Waals surface area (Å²) in [5.74, 6) is 1.53. The number of hydrogen-bond donors (Lipinski definition) is 0. The summed E-state index contributed by atoms with van der Waals surface area (Å²) in [6.45, 7) is 7.63. The van der Waals surface area contributed by atoms with Crippen molar-refractivity contribution >= 4 is 21.9 Å². The molecule has 2 aliphatic rings. The molecule has 2 saturated heterocycles. The van der Waals surface area contributed by atoms with Crippen LogP contribution in [0.2, 0.25) is 0 Å². The number of piperazine rings is 1. The summed E-state index contributed by atoms with van der Waals surface area (Å²) >= 11 is 0. The molecule has 0 aliphatic carbocycles. The minimum Gasteiger partial charge on any atom is -0.447 e. The van der Waals surface area contributed by atoms with Crippen LogP contribution in [0.4, 0.5) is 10.6 Å². The molecule has 1 aromatic heterocycles. The fourth-order valence-electron chi connectivity index (χ4n) is 4.05. The van der Waals surface area contributed by atoms with Crippen LogP contribution < -0.4 is 4.90 Å². The largest absolute Gasteiger partial charge is 0.447 e. The molecule has 0 unspecified atom stereocenters. The lowest BCUT2D eigenvalue weighted by atomic mass is 9.91. The first-order chi connectivity index (χ1) is 14.2. The average Bonchev–Trinajstić information content (AvgIpc) is 2.72. The first-order valence-electron chi connectivity index (χ1n) is 10.8. The highest BCUT2D eigenvalue weighted by Crippen LogP contribution is 2.23. The van der Waals surface area contributed by atoms with Crippen molar-refractivity contribution in [3.63, 3.8) is 0 Å². The zero-order valence-electron chi connectivity index (χ0n) is 18.3. The Kier molecular flexibility index (Phi) is 7.57. The molecule has 3 heterocycles. The van der Waals surface area contributed by atoms with E-state index in [-0.39, 0.29) is 12.2 Å². The summed E-state index contributed by atoms with van der Waals surface area (Å²) in [7, 11) is -3.11. The fourth-order valence-corrected chi connectivity index (χ4v) is 4.88. The lowest BCUT2D eigenvalue weighted by molar-refractivity contribution is 0.0648. The highest BCUT2D eigenvalue weighted by Gasteiger charge is 2.25. The zero-order valence-corrected chi connectivity index (χ0v) is 19.1. The summed E-state index contributed by atoms with van der Waals surface area (Å²) in [4.78, 5) is 20.5. The van der Waals surface area contributed by atoms with E-state index in [1.165, 1.54) is 16.1 Å². The number of hydrogen-bond acceptors (Lipinski definition) is 6. The lowest BCUT2D eigenvalue weighted by Crippen LogP contribution is -2.48. The van der Waals surface area contributed by atoms with E-state index >= 15 is 0 Å². The van der Waals surface area contributed by atoms with Crippen molar-refractivity contribution in [2.75, 3.05) is 50.4 Å². The van der Waals surface area contributed by atoms with E-state index in [2.05, 4.69) is 16.0 Å². The summed E-state index contributed by atoms with van der Waals surface area (Å²) in [6.07, 6.45) is 7.05. The molecule has 0 saturated carbocycles. The van der Waals surface area contributed by atoms with E-state index in [1.807, 2.05) is 31.0 Å². The van der Waals surface area contributed by atoms with Gasteiger partial charge < -0.3 is 14.5 Å². The molecule has 1 amide bonds. The van der Waals surface area contributed by atoms with Crippen molar-refractivity contribution in [2.45, 2.75) is 45.6 Å². The van der Waals surface area contributed by atoms with Crippen LogP contribution in [0.3, 0.4) is 0 Å². The third kappa shape index (κ3) is 6.31. The third-order valence-corrected chi connectivity index (χ3v) is 7.19. The number of aromatic nitrogens is 1. The first kappa shape index (κ1) is 22.8. The van der Waals surface area contributed by atoms with E-state index < -0.39 is 10.0 Å². The minimum absolute atomic E-state index is 0.0748. The molecule has 0 bridgehead atoms. The molecular weight excluding hydrogens is 404 g/mol. The van der Waals surface area contributed by atoms with Crippen LogP contribution in [0.1, 0.15) is 38.7 Å². The van der Waals surface area contributed by atoms with Crippen LogP contribution in [0, 0.1) is 5.92 Å². The van der Waals surface area contributed by atoms with Gasteiger partial charge in [-0.15, -0.1) is 0 Å². The van der Waals surface area contributed by atoms with Crippen LogP contribution in [0.25, 0.3) is 0 Å². The molecule has 2 aliphatic heterocycles. The molecular formula is C21H34N4O4S. The molecule has 8 nitrogen and oxygen atoms in total. The van der Waals surface area contributed by atoms with E-state index in [0.717, 1.165) is 44.6 Å². The Morgan fingerprint density at radius 3 is 2.33 bits per heavy atom. The Morgan fingerprint density at radius 1 is 1.13 bits per heavy atom. The van der Waals surface area contributed by atoms with Gasteiger partial charge >= 0.3 is 6.09 Å². The second-order valence-corrected chi connectivity index (χ2v) is 10.6. The number of sulfonamides is 1. The number of pyridine rings is 1. The molecule has 1 aromatic rings. The number of rotatable bonds is 6. The monoisotopic (exact) mass is 438 g/mol. The number of carbonyl (C=O) groups excluding carboxylic acids is 1. The van der Waals surface area contributed by atoms with E-state index in [0.29, 0.717) is 32.1 Å². The quantitative estimate of drug-likeness (QED) is 0.678. The number of ether oxygens (including phenoxy) is 1. The predicted octanol–water partition coefficient (Wildman–Crippen LogP) is 2.35. The molecule has 30 heavy (non-hydrogen) atoms. The van der Waals surface area contributed by atoms with Crippen molar-refractivity contribution < 1.29 is 17.9 Å². The van der Waals surface area contributed by atoms with Crippen LogP contribution in [0.15, 0.2) is 18.3 Å². The fraction of sp³-hybridized carbons (Fsp3) is 0.714. The molecule has 0 N–H and O–H groups in total. The molecule has 9 heteroatoms. The standard InChI is InChI=1S/C21H34N4O4S/c1-17(2)29-21(26)24-10-8-18(9-11-24)4-5-19-6-7-20(22-16-19)23-12-14-25(15-13-23)30(3,27)28/h6-7,16-18H,4-5,8-15H2,1-3H3. The number of anilines is 1. The van der Waals surface area contributed by atoms with Gasteiger partial charge in [-0.1, -0.05) is 6.07 Å². The van der Waals surface area contributed by atoms with Crippen molar-refractivity contribution in [3.8, 4) is 0 Å². The van der Waals surface area contributed by atoms with Gasteiger partial charge in [-0.3, -0.25) is 0 Å². The van der Waals surface area contributed by atoms with Crippen LogP contribution >= 0.6 is 0 Å². The van der Waals surface area contributed by atoms with Gasteiger partial charge in [-0.25, -0.2) is 18.2 Å². The minimum atomic E-state index is -3.11. The van der Waals surface area contributed by atoms with Gasteiger partial charge in [-0.05, 0) is 57.1 Å². The lowest BCUT2D eigenvalue weighted by Gasteiger charge is -2.34. The summed E-state index contributed by atoms with van der Waals surface area (Å²) in [5.41, 5.74) is 1.22. The molecule has 168 valence electrons. The molecule has 2 fully saturated rings. The Hall–Kier alpha value is -1.87. The summed E-state index contributed by atoms with van der Waals surface area (Å²) in [5, 5.41) is 0. The molecule has 0 radical (unpaired) electrons. The van der Waals surface area contributed by atoms with E-state index in [4.69, 9.17) is 4.74 Å². The van der Waals surface area contributed by atoms with Gasteiger partial charge in [0.05, 0.1) is 12.4 Å². The van der Waals surface area contributed by atoms with Crippen LogP contribution in [-0.2, 0) is 21.2 Å². The van der Waals surface area contributed by atoms with E-state index in [9.17, 15) is 13.2 Å². The summed E-state index contributed by atoms with van der Waals surface area (Å²) < 4.78 is 30.1. The van der Waals surface area contributed by atoms with Gasteiger partial charge in [-0.2, -0.15) is 4.31 Å². The Morgan fingerprint density at radius 2 is 1.80 bits per heavy atom. The summed E-state index contributed by atoms with van der Waals surface area (Å²) in [6, 6.07) is 4.16. The second kappa shape index (κ2) is 9.96. The number of aryl methyl sites for hydroxylation is 1. The van der Waals surface area contributed by atoms with Crippen molar-refractivity contribution in [1.29, 1.82) is 0 Å². The average molecular weight is 439 g/mol. The topological polar surface area (TPSA) is 83.0 Å². The number of amides is 1. The maximum Gasteiger partial charge on any atom is 0.410 e. The molecule has 0 spiro atoms. The first-order valence-corrected chi connectivity index (χ1v) is 12.7. The third-order valence-electron chi connectivity index (χ3n) is 5.89. The number of likely N-dealkylation sites (tertiary alicyclic amines) is 1. The number of carbonyl (C=O) groups is 1. The SMILES string of the molecule is CC(C)OC(=O)N1CCC(CCc2ccc(N3CCN(S(C)(=O)=O)CC3)nc2)CC1. The predicted molar refractivity (Wildman–Crippen MR) is 117 cm³/mol. The Bertz CT molecular complexity index is 797. The van der Waals surface area contributed by atoms with Gasteiger partial charge in [0, 0.05) is 45.5 Å². The highest BCUT2D eigenvalue weighted by atomic mass is 32.2. The maximum atomic E-state index is 12.0. The van der Waals surface area contributed by atoms with Crippen LogP contribution in [0.5, 0.6) is 0 Å². The number of nitrogens with zero attached hydrogens (tertiary/aromatic N) is 4. The maximum absolute atomic E-state index is 12.0. The van der Waals surface area contributed by atoms with Crippen LogP contribution in [-0.4, -0.2) is 80.3 Å². The van der Waals surface area contributed by atoms with E-state index in [1.54, 1.807) is 0 Å². The second-order valence-electron chi connectivity index (χ2n) is 8.58. The number of piperidine rings is 1. The van der Waals surface area contributed by atoms with Gasteiger partial charge in [0.25, 0.3) is 0 Å². The zero-order chi connectivity index (χ0) is 21.7. The Labute approximate surface area is 180 Å². The van der Waals surface area contributed by atoms with Crippen molar-refractivity contribution in [1.82, 2.24) is 14.2 Å². The van der Waals surface area contributed by atoms with Gasteiger partial charge in [0.2, 0.25) is 10.0 Å². The Balaban J connectivity index is 1.41. The van der Waals surface area contributed by atoms with Gasteiger partial charge in [0.15, 0.2) is 0 Å². The smallest absolute Gasteiger partial charge is 0.410 e.